The molecule has 0 aliphatic rings. The zero-order valence-corrected chi connectivity index (χ0v) is 15.2. The molecule has 25 heavy (non-hydrogen) atoms. The van der Waals surface area contributed by atoms with E-state index in [-0.39, 0.29) is 12.5 Å². The van der Waals surface area contributed by atoms with Gasteiger partial charge in [-0.05, 0) is 36.0 Å². The van der Waals surface area contributed by atoms with Crippen LogP contribution in [-0.4, -0.2) is 18.2 Å². The summed E-state index contributed by atoms with van der Waals surface area (Å²) in [5.41, 5.74) is 5.56. The van der Waals surface area contributed by atoms with Crippen molar-refractivity contribution < 1.29 is 9.53 Å². The molecule has 2 aromatic carbocycles. The van der Waals surface area contributed by atoms with Crippen LogP contribution in [0.2, 0.25) is 0 Å². The smallest absolute Gasteiger partial charge is 0.277 e. The van der Waals surface area contributed by atoms with Gasteiger partial charge in [-0.1, -0.05) is 69.3 Å². The highest BCUT2D eigenvalue weighted by Gasteiger charge is 2.11. The van der Waals surface area contributed by atoms with Crippen LogP contribution in [0, 0.1) is 0 Å². The molecule has 2 aromatic rings. The van der Waals surface area contributed by atoms with Crippen molar-refractivity contribution in [2.45, 2.75) is 39.5 Å². The van der Waals surface area contributed by atoms with Crippen LogP contribution >= 0.6 is 0 Å². The number of rotatable bonds is 8. The molecule has 1 amide bonds. The summed E-state index contributed by atoms with van der Waals surface area (Å²) < 4.78 is 5.71. The number of hydrazone groups is 1. The summed E-state index contributed by atoms with van der Waals surface area (Å²) in [5, 5.41) is 4.24. The molecule has 0 aliphatic heterocycles. The van der Waals surface area contributed by atoms with Crippen LogP contribution in [0.4, 0.5) is 0 Å². The fourth-order valence-electron chi connectivity index (χ4n) is 2.52. The van der Waals surface area contributed by atoms with E-state index >= 15 is 0 Å². The van der Waals surface area contributed by atoms with Crippen molar-refractivity contribution in [3.63, 3.8) is 0 Å². The van der Waals surface area contributed by atoms with Gasteiger partial charge in [-0.2, -0.15) is 5.10 Å². The Morgan fingerprint density at radius 1 is 1.08 bits per heavy atom. The average Bonchev–Trinajstić information content (AvgIpc) is 2.67. The van der Waals surface area contributed by atoms with E-state index in [1.54, 1.807) is 0 Å². The lowest BCUT2D eigenvalue weighted by Gasteiger charge is -2.15. The largest absolute Gasteiger partial charge is 0.483 e. The van der Waals surface area contributed by atoms with Gasteiger partial charge in [0.1, 0.15) is 5.75 Å². The van der Waals surface area contributed by atoms with E-state index in [2.05, 4.69) is 24.4 Å². The normalized spacial score (nSPS) is 12.5. The predicted molar refractivity (Wildman–Crippen MR) is 102 cm³/mol. The number of benzene rings is 2. The Morgan fingerprint density at radius 2 is 1.76 bits per heavy atom. The van der Waals surface area contributed by atoms with E-state index in [1.165, 1.54) is 0 Å². The molecule has 4 nitrogen and oxygen atoms in total. The Morgan fingerprint density at radius 3 is 2.44 bits per heavy atom. The lowest BCUT2D eigenvalue weighted by atomic mass is 9.98. The first-order valence-corrected chi connectivity index (χ1v) is 8.78. The zero-order chi connectivity index (χ0) is 18.1. The SMILES string of the molecule is CCC(=NNC(=O)COc1ccccc1C(C)CC)c1ccccc1. The van der Waals surface area contributed by atoms with Crippen LogP contribution in [0.3, 0.4) is 0 Å². The van der Waals surface area contributed by atoms with Gasteiger partial charge in [0.05, 0.1) is 5.71 Å². The molecule has 0 saturated carbocycles. The molecule has 4 heteroatoms. The Hall–Kier alpha value is -2.62. The summed E-state index contributed by atoms with van der Waals surface area (Å²) in [6.07, 6.45) is 1.76. The average molecular weight is 338 g/mol. The zero-order valence-electron chi connectivity index (χ0n) is 15.2. The van der Waals surface area contributed by atoms with Crippen molar-refractivity contribution in [1.82, 2.24) is 5.43 Å². The lowest BCUT2D eigenvalue weighted by molar-refractivity contribution is -0.123. The Labute approximate surface area is 149 Å². The van der Waals surface area contributed by atoms with Crippen molar-refractivity contribution in [3.05, 3.63) is 65.7 Å². The number of hydrogen-bond acceptors (Lipinski definition) is 3. The minimum Gasteiger partial charge on any atom is -0.483 e. The first-order valence-electron chi connectivity index (χ1n) is 8.78. The van der Waals surface area contributed by atoms with Gasteiger partial charge in [-0.3, -0.25) is 4.79 Å². The minimum atomic E-state index is -0.263. The standard InChI is InChI=1S/C21H26N2O2/c1-4-16(3)18-13-9-10-14-20(18)25-15-21(24)23-22-19(5-2)17-11-7-6-8-12-17/h6-14,16H,4-5,15H2,1-3H3,(H,23,24). The van der Waals surface area contributed by atoms with Gasteiger partial charge in [0.25, 0.3) is 5.91 Å². The molecule has 0 saturated heterocycles. The molecule has 1 unspecified atom stereocenters. The fraction of sp³-hybridized carbons (Fsp3) is 0.333. The summed E-state index contributed by atoms with van der Waals surface area (Å²) in [6.45, 7) is 6.25. The maximum absolute atomic E-state index is 12.1. The third kappa shape index (κ3) is 5.45. The first-order chi connectivity index (χ1) is 12.2. The molecule has 0 aliphatic carbocycles. The second-order valence-electron chi connectivity index (χ2n) is 5.95. The quantitative estimate of drug-likeness (QED) is 0.569. The number of nitrogens with zero attached hydrogens (tertiary/aromatic N) is 1. The van der Waals surface area contributed by atoms with Crippen LogP contribution < -0.4 is 10.2 Å². The van der Waals surface area contributed by atoms with E-state index < -0.39 is 0 Å². The molecule has 0 spiro atoms. The van der Waals surface area contributed by atoms with Crippen molar-refractivity contribution in [1.29, 1.82) is 0 Å². The molecule has 0 radical (unpaired) electrons. The molecular weight excluding hydrogens is 312 g/mol. The van der Waals surface area contributed by atoms with Crippen molar-refractivity contribution in [2.24, 2.45) is 5.10 Å². The van der Waals surface area contributed by atoms with E-state index in [0.29, 0.717) is 5.92 Å². The number of carbonyl (C=O) groups is 1. The van der Waals surface area contributed by atoms with E-state index in [1.807, 2.05) is 61.5 Å². The molecule has 0 aromatic heterocycles. The van der Waals surface area contributed by atoms with Gasteiger partial charge in [0, 0.05) is 0 Å². The lowest BCUT2D eigenvalue weighted by Crippen LogP contribution is -2.26. The highest BCUT2D eigenvalue weighted by molar-refractivity contribution is 6.00. The second kappa shape index (κ2) is 9.62. The molecule has 0 heterocycles. The Kier molecular flexibility index (Phi) is 7.20. The van der Waals surface area contributed by atoms with Gasteiger partial charge in [-0.15, -0.1) is 0 Å². The van der Waals surface area contributed by atoms with Crippen LogP contribution in [0.25, 0.3) is 0 Å². The van der Waals surface area contributed by atoms with E-state index in [9.17, 15) is 4.79 Å². The molecule has 1 atom stereocenters. The molecule has 1 N–H and O–H groups in total. The summed E-state index contributed by atoms with van der Waals surface area (Å²) in [6, 6.07) is 17.7. The maximum atomic E-state index is 12.1. The number of amides is 1. The Balaban J connectivity index is 1.96. The highest BCUT2D eigenvalue weighted by atomic mass is 16.5. The summed E-state index contributed by atoms with van der Waals surface area (Å²) >= 11 is 0. The molecule has 0 bridgehead atoms. The van der Waals surface area contributed by atoms with E-state index in [4.69, 9.17) is 4.74 Å². The minimum absolute atomic E-state index is 0.0528. The fourth-order valence-corrected chi connectivity index (χ4v) is 2.52. The van der Waals surface area contributed by atoms with E-state index in [0.717, 1.165) is 35.4 Å². The van der Waals surface area contributed by atoms with Crippen molar-refractivity contribution in [2.75, 3.05) is 6.61 Å². The molecule has 2 rings (SSSR count). The van der Waals surface area contributed by atoms with Gasteiger partial charge >= 0.3 is 0 Å². The van der Waals surface area contributed by atoms with Crippen LogP contribution in [-0.2, 0) is 4.79 Å². The first kappa shape index (κ1) is 18.7. The van der Waals surface area contributed by atoms with Gasteiger partial charge in [0.2, 0.25) is 0 Å². The highest BCUT2D eigenvalue weighted by Crippen LogP contribution is 2.28. The van der Waals surface area contributed by atoms with Crippen LogP contribution in [0.15, 0.2) is 59.7 Å². The van der Waals surface area contributed by atoms with Gasteiger partial charge < -0.3 is 4.74 Å². The maximum Gasteiger partial charge on any atom is 0.277 e. The summed E-state index contributed by atoms with van der Waals surface area (Å²) in [4.78, 5) is 12.1. The predicted octanol–water partition coefficient (Wildman–Crippen LogP) is 4.51. The molecule has 132 valence electrons. The monoisotopic (exact) mass is 338 g/mol. The number of para-hydroxylation sites is 1. The number of ether oxygens (including phenoxy) is 1. The van der Waals surface area contributed by atoms with Crippen molar-refractivity contribution in [3.8, 4) is 5.75 Å². The van der Waals surface area contributed by atoms with Crippen LogP contribution in [0.5, 0.6) is 5.75 Å². The van der Waals surface area contributed by atoms with Crippen molar-refractivity contribution >= 4 is 11.6 Å². The Bertz CT molecular complexity index is 711. The number of carbonyl (C=O) groups excluding carboxylic acids is 1. The summed E-state index contributed by atoms with van der Waals surface area (Å²) in [7, 11) is 0. The van der Waals surface area contributed by atoms with Crippen LogP contribution in [0.1, 0.15) is 50.7 Å². The van der Waals surface area contributed by atoms with Gasteiger partial charge in [0.15, 0.2) is 6.61 Å². The third-order valence-corrected chi connectivity index (χ3v) is 4.18. The topological polar surface area (TPSA) is 50.7 Å². The second-order valence-corrected chi connectivity index (χ2v) is 5.95. The number of nitrogens with one attached hydrogen (secondary N) is 1. The third-order valence-electron chi connectivity index (χ3n) is 4.18. The molecule has 0 fully saturated rings. The number of hydrogen-bond donors (Lipinski definition) is 1. The summed E-state index contributed by atoms with van der Waals surface area (Å²) in [5.74, 6) is 0.887. The molecular formula is C21H26N2O2. The van der Waals surface area contributed by atoms with Gasteiger partial charge in [-0.25, -0.2) is 5.43 Å².